The van der Waals surface area contributed by atoms with Crippen LogP contribution < -0.4 is 16.0 Å². The maximum atomic E-state index is 12.6. The third-order valence-corrected chi connectivity index (χ3v) is 6.23. The average molecular weight is 372 g/mol. The highest BCUT2D eigenvalue weighted by atomic mass is 32.1. The summed E-state index contributed by atoms with van der Waals surface area (Å²) in [4.78, 5) is 40.3. The van der Waals surface area contributed by atoms with E-state index in [1.807, 2.05) is 24.6 Å². The van der Waals surface area contributed by atoms with Gasteiger partial charge in [-0.15, -0.1) is 11.3 Å². The first-order valence-electron chi connectivity index (χ1n) is 8.74. The summed E-state index contributed by atoms with van der Waals surface area (Å²) in [6.07, 6.45) is 2.15. The Morgan fingerprint density at radius 3 is 2.81 bits per heavy atom. The Hall–Kier alpha value is -2.48. The Balaban J connectivity index is 1.38. The highest BCUT2D eigenvalue weighted by Gasteiger charge is 2.48. The Morgan fingerprint density at radius 1 is 1.35 bits per heavy atom. The van der Waals surface area contributed by atoms with E-state index in [4.69, 9.17) is 0 Å². The molecular weight excluding hydrogens is 352 g/mol. The molecule has 1 saturated carbocycles. The molecule has 1 aliphatic heterocycles. The summed E-state index contributed by atoms with van der Waals surface area (Å²) < 4.78 is 1.10. The van der Waals surface area contributed by atoms with Crippen molar-refractivity contribution >= 4 is 39.4 Å². The van der Waals surface area contributed by atoms with E-state index in [0.717, 1.165) is 15.8 Å². The Kier molecular flexibility index (Phi) is 4.14. The summed E-state index contributed by atoms with van der Waals surface area (Å²) in [5.74, 6) is -0.408. The molecule has 1 saturated heterocycles. The quantitative estimate of drug-likeness (QED) is 0.720. The van der Waals surface area contributed by atoms with Gasteiger partial charge in [0.05, 0.1) is 21.8 Å². The molecule has 1 aromatic carbocycles. The zero-order valence-corrected chi connectivity index (χ0v) is 15.2. The number of nitrogens with zero attached hydrogens (tertiary/aromatic N) is 1. The summed E-state index contributed by atoms with van der Waals surface area (Å²) in [6.45, 7) is 1.97. The Bertz CT molecular complexity index is 885. The van der Waals surface area contributed by atoms with Crippen LogP contribution >= 0.6 is 11.3 Å². The highest BCUT2D eigenvalue weighted by Crippen LogP contribution is 2.34. The van der Waals surface area contributed by atoms with Crippen molar-refractivity contribution in [2.75, 3.05) is 0 Å². The van der Waals surface area contributed by atoms with Gasteiger partial charge >= 0.3 is 6.03 Å². The van der Waals surface area contributed by atoms with Crippen LogP contribution in [-0.4, -0.2) is 28.4 Å². The normalized spacial score (nSPS) is 26.6. The predicted molar refractivity (Wildman–Crippen MR) is 97.5 cm³/mol. The van der Waals surface area contributed by atoms with Crippen molar-refractivity contribution < 1.29 is 14.4 Å². The number of hydrogen-bond acceptors (Lipinski definition) is 5. The smallest absolute Gasteiger partial charge is 0.322 e. The maximum Gasteiger partial charge on any atom is 0.322 e. The molecule has 2 heterocycles. The number of fused-ring (bicyclic) bond motifs is 1. The van der Waals surface area contributed by atoms with Gasteiger partial charge in [0.2, 0.25) is 5.91 Å². The zero-order valence-electron chi connectivity index (χ0n) is 14.4. The summed E-state index contributed by atoms with van der Waals surface area (Å²) in [5.41, 5.74) is 3.00. The zero-order chi connectivity index (χ0) is 18.3. The van der Waals surface area contributed by atoms with Gasteiger partial charge in [0, 0.05) is 5.92 Å². The minimum atomic E-state index is -0.823. The first kappa shape index (κ1) is 17.0. The van der Waals surface area contributed by atoms with Gasteiger partial charge in [0.25, 0.3) is 5.91 Å². The number of rotatable bonds is 3. The number of carbonyl (C=O) groups is 3. The molecule has 136 valence electrons. The molecule has 8 heteroatoms. The molecule has 4 amide bonds. The van der Waals surface area contributed by atoms with Crippen molar-refractivity contribution in [2.45, 2.75) is 44.2 Å². The van der Waals surface area contributed by atoms with E-state index in [1.54, 1.807) is 11.3 Å². The number of thiazole rings is 1. The molecule has 26 heavy (non-hydrogen) atoms. The van der Waals surface area contributed by atoms with Crippen molar-refractivity contribution in [1.29, 1.82) is 0 Å². The van der Waals surface area contributed by atoms with Gasteiger partial charge in [-0.3, -0.25) is 14.9 Å². The number of benzene rings is 1. The molecule has 1 unspecified atom stereocenters. The lowest BCUT2D eigenvalue weighted by Gasteiger charge is -2.34. The molecule has 7 nitrogen and oxygen atoms in total. The van der Waals surface area contributed by atoms with Gasteiger partial charge in [0.1, 0.15) is 5.54 Å². The van der Waals surface area contributed by atoms with Gasteiger partial charge in [0.15, 0.2) is 0 Å². The molecule has 2 aliphatic rings. The minimum Gasteiger partial charge on any atom is -0.349 e. The van der Waals surface area contributed by atoms with Crippen molar-refractivity contribution in [1.82, 2.24) is 20.9 Å². The van der Waals surface area contributed by atoms with Crippen LogP contribution in [0.15, 0.2) is 23.7 Å². The molecule has 1 atom stereocenters. The van der Waals surface area contributed by atoms with Gasteiger partial charge in [-0.05, 0) is 50.3 Å². The van der Waals surface area contributed by atoms with Crippen LogP contribution in [0.5, 0.6) is 0 Å². The summed E-state index contributed by atoms with van der Waals surface area (Å²) in [5, 5.41) is 8.10. The van der Waals surface area contributed by atoms with E-state index >= 15 is 0 Å². The van der Waals surface area contributed by atoms with Crippen LogP contribution in [0.1, 0.15) is 44.2 Å². The van der Waals surface area contributed by atoms with E-state index in [1.165, 1.54) is 0 Å². The molecule has 1 aromatic heterocycles. The molecule has 1 aliphatic carbocycles. The van der Waals surface area contributed by atoms with Crippen LogP contribution in [0.4, 0.5) is 4.79 Å². The fraction of sp³-hybridized carbons (Fsp3) is 0.444. The average Bonchev–Trinajstić information content (AvgIpc) is 3.19. The molecule has 0 bridgehead atoms. The largest absolute Gasteiger partial charge is 0.349 e. The third kappa shape index (κ3) is 2.94. The molecular formula is C18H20N4O3S. The number of urea groups is 1. The first-order valence-corrected chi connectivity index (χ1v) is 9.62. The molecule has 3 N–H and O–H groups in total. The first-order chi connectivity index (χ1) is 12.5. The van der Waals surface area contributed by atoms with Crippen molar-refractivity contribution in [2.24, 2.45) is 5.92 Å². The number of imide groups is 1. The topological polar surface area (TPSA) is 100 Å². The Labute approximate surface area is 154 Å². The number of amides is 4. The van der Waals surface area contributed by atoms with Crippen molar-refractivity contribution in [3.05, 3.63) is 29.3 Å². The van der Waals surface area contributed by atoms with Gasteiger partial charge in [-0.1, -0.05) is 6.07 Å². The lowest BCUT2D eigenvalue weighted by molar-refractivity contribution is -0.130. The van der Waals surface area contributed by atoms with E-state index in [0.29, 0.717) is 25.7 Å². The monoisotopic (exact) mass is 372 g/mol. The second-order valence-corrected chi connectivity index (χ2v) is 7.96. The standard InChI is InChI=1S/C18H20N4O3S/c1-10(12-2-3-13-14(8-12)26-9-19-13)20-15(23)11-4-6-18(7-5-11)16(24)21-17(25)22-18/h2-3,8-11H,4-7H2,1H3,(H,20,23)(H2,21,22,24,25). The van der Waals surface area contributed by atoms with E-state index in [2.05, 4.69) is 27.0 Å². The van der Waals surface area contributed by atoms with Crippen LogP contribution in [0, 0.1) is 5.92 Å². The second kappa shape index (κ2) is 6.35. The van der Waals surface area contributed by atoms with E-state index < -0.39 is 11.6 Å². The fourth-order valence-corrected chi connectivity index (χ4v) is 4.53. The summed E-state index contributed by atoms with van der Waals surface area (Å²) in [7, 11) is 0. The van der Waals surface area contributed by atoms with Crippen LogP contribution in [0.2, 0.25) is 0 Å². The maximum absolute atomic E-state index is 12.6. The number of hydrogen-bond donors (Lipinski definition) is 3. The molecule has 2 fully saturated rings. The summed E-state index contributed by atoms with van der Waals surface area (Å²) >= 11 is 1.58. The van der Waals surface area contributed by atoms with Crippen LogP contribution in [0.25, 0.3) is 10.2 Å². The van der Waals surface area contributed by atoms with Crippen LogP contribution in [-0.2, 0) is 9.59 Å². The van der Waals surface area contributed by atoms with Gasteiger partial charge < -0.3 is 10.6 Å². The van der Waals surface area contributed by atoms with Gasteiger partial charge in [-0.2, -0.15) is 0 Å². The predicted octanol–water partition coefficient (Wildman–Crippen LogP) is 2.24. The lowest BCUT2D eigenvalue weighted by atomic mass is 9.76. The van der Waals surface area contributed by atoms with E-state index in [-0.39, 0.29) is 23.8 Å². The van der Waals surface area contributed by atoms with Crippen molar-refractivity contribution in [3.63, 3.8) is 0 Å². The Morgan fingerprint density at radius 2 is 2.12 bits per heavy atom. The SMILES string of the molecule is CC(NC(=O)C1CCC2(CC1)NC(=O)NC2=O)c1ccc2ncsc2c1. The minimum absolute atomic E-state index is 0.00137. The number of nitrogens with one attached hydrogen (secondary N) is 3. The number of carbonyl (C=O) groups excluding carboxylic acids is 3. The lowest BCUT2D eigenvalue weighted by Crippen LogP contribution is -2.51. The van der Waals surface area contributed by atoms with Crippen molar-refractivity contribution in [3.8, 4) is 0 Å². The van der Waals surface area contributed by atoms with Gasteiger partial charge in [-0.25, -0.2) is 9.78 Å². The van der Waals surface area contributed by atoms with Crippen LogP contribution in [0.3, 0.4) is 0 Å². The third-order valence-electron chi connectivity index (χ3n) is 5.44. The summed E-state index contributed by atoms with van der Waals surface area (Å²) in [6, 6.07) is 5.48. The molecule has 0 radical (unpaired) electrons. The second-order valence-electron chi connectivity index (χ2n) is 7.07. The molecule has 2 aromatic rings. The fourth-order valence-electron chi connectivity index (χ4n) is 3.81. The number of aromatic nitrogens is 1. The van der Waals surface area contributed by atoms with E-state index in [9.17, 15) is 14.4 Å². The molecule has 4 rings (SSSR count). The molecule has 1 spiro atoms. The highest BCUT2D eigenvalue weighted by molar-refractivity contribution is 7.16.